The number of nitrogens with zero attached hydrogens (tertiary/aromatic N) is 1. The highest BCUT2D eigenvalue weighted by Crippen LogP contribution is 2.40. The predicted octanol–water partition coefficient (Wildman–Crippen LogP) is 3.36. The second kappa shape index (κ2) is 10.4. The molecule has 0 fully saturated rings. The van der Waals surface area contributed by atoms with Crippen LogP contribution in [-0.2, 0) is 22.4 Å². The summed E-state index contributed by atoms with van der Waals surface area (Å²) in [5.41, 5.74) is 2.68. The van der Waals surface area contributed by atoms with Crippen LogP contribution in [0.2, 0.25) is 5.02 Å². The average molecular weight is 399 g/mol. The Morgan fingerprint density at radius 1 is 1.23 bits per heavy atom. The molecule has 0 bridgehead atoms. The van der Waals surface area contributed by atoms with Gasteiger partial charge in [-0.2, -0.15) is 5.26 Å². The van der Waals surface area contributed by atoms with Crippen LogP contribution in [0.25, 0.3) is 0 Å². The molecule has 0 aliphatic carbocycles. The molecule has 142 valence electrons. The van der Waals surface area contributed by atoms with Gasteiger partial charge in [-0.05, 0) is 57.0 Å². The number of nitrogens with one attached hydrogen (secondary N) is 1. The standard InChI is InChI=1S/C14H17ClN2S.C4H6O4/c1-14(2,9-16)18-13-11-6-8-17-7-5-10(11)3-4-12(13)15;5-3(6)1-2-4(7)8/h3-4,17H,5-8H2,1-2H3;1-2H2,(H,5,6)(H,7,8). The molecule has 1 aromatic rings. The zero-order chi connectivity index (χ0) is 19.7. The fourth-order valence-electron chi connectivity index (χ4n) is 2.31. The number of carbonyl (C=O) groups is 2. The van der Waals surface area contributed by atoms with Crippen LogP contribution in [0.3, 0.4) is 0 Å². The second-order valence-corrected chi connectivity index (χ2v) is 8.32. The summed E-state index contributed by atoms with van der Waals surface area (Å²) >= 11 is 7.90. The molecule has 8 heteroatoms. The lowest BCUT2D eigenvalue weighted by molar-refractivity contribution is -0.143. The number of benzene rings is 1. The lowest BCUT2D eigenvalue weighted by atomic mass is 10.0. The van der Waals surface area contributed by atoms with Crippen molar-refractivity contribution in [1.82, 2.24) is 5.32 Å². The minimum Gasteiger partial charge on any atom is -0.481 e. The summed E-state index contributed by atoms with van der Waals surface area (Å²) < 4.78 is -0.446. The summed E-state index contributed by atoms with van der Waals surface area (Å²) in [6.45, 7) is 5.86. The zero-order valence-electron chi connectivity index (χ0n) is 14.8. The van der Waals surface area contributed by atoms with Crippen LogP contribution in [0.5, 0.6) is 0 Å². The summed E-state index contributed by atoms with van der Waals surface area (Å²) in [7, 11) is 0. The van der Waals surface area contributed by atoms with Gasteiger partial charge in [0.1, 0.15) is 4.75 Å². The maximum absolute atomic E-state index is 9.64. The van der Waals surface area contributed by atoms with Crippen molar-refractivity contribution in [3.05, 3.63) is 28.3 Å². The van der Waals surface area contributed by atoms with E-state index in [1.54, 1.807) is 11.8 Å². The summed E-state index contributed by atoms with van der Waals surface area (Å²) in [5, 5.41) is 29.1. The number of halogens is 1. The Balaban J connectivity index is 0.000000359. The molecule has 0 saturated heterocycles. The summed E-state index contributed by atoms with van der Waals surface area (Å²) in [4.78, 5) is 20.4. The molecule has 0 atom stereocenters. The number of hydrogen-bond donors (Lipinski definition) is 3. The van der Waals surface area contributed by atoms with Crippen LogP contribution in [0, 0.1) is 11.3 Å². The number of aliphatic carboxylic acids is 2. The number of thioether (sulfide) groups is 1. The van der Waals surface area contributed by atoms with Gasteiger partial charge in [-0.15, -0.1) is 11.8 Å². The highest BCUT2D eigenvalue weighted by Gasteiger charge is 2.23. The van der Waals surface area contributed by atoms with E-state index in [2.05, 4.69) is 17.5 Å². The fourth-order valence-corrected chi connectivity index (χ4v) is 3.68. The third kappa shape index (κ3) is 7.65. The number of nitriles is 1. The monoisotopic (exact) mass is 398 g/mol. The molecule has 26 heavy (non-hydrogen) atoms. The molecule has 0 unspecified atom stereocenters. The average Bonchev–Trinajstić information content (AvgIpc) is 2.82. The Hall–Kier alpha value is -1.75. The highest BCUT2D eigenvalue weighted by atomic mass is 35.5. The molecule has 0 radical (unpaired) electrons. The molecular weight excluding hydrogens is 376 g/mol. The van der Waals surface area contributed by atoms with Crippen molar-refractivity contribution in [3.8, 4) is 6.07 Å². The first-order valence-electron chi connectivity index (χ1n) is 8.21. The number of rotatable bonds is 5. The maximum Gasteiger partial charge on any atom is 0.303 e. The Kier molecular flexibility index (Phi) is 8.93. The summed E-state index contributed by atoms with van der Waals surface area (Å²) in [5.74, 6) is -2.15. The first-order valence-corrected chi connectivity index (χ1v) is 9.40. The van der Waals surface area contributed by atoms with E-state index in [0.29, 0.717) is 0 Å². The van der Waals surface area contributed by atoms with Gasteiger partial charge in [-0.1, -0.05) is 17.7 Å². The number of carboxylic acids is 2. The Bertz CT molecular complexity index is 687. The van der Waals surface area contributed by atoms with Crippen molar-refractivity contribution in [1.29, 1.82) is 5.26 Å². The van der Waals surface area contributed by atoms with E-state index in [4.69, 9.17) is 21.8 Å². The maximum atomic E-state index is 9.64. The molecule has 3 N–H and O–H groups in total. The minimum absolute atomic E-state index is 0.296. The van der Waals surface area contributed by atoms with Crippen LogP contribution < -0.4 is 5.32 Å². The number of fused-ring (bicyclic) bond motifs is 1. The van der Waals surface area contributed by atoms with E-state index in [1.165, 1.54) is 11.1 Å². The van der Waals surface area contributed by atoms with Crippen molar-refractivity contribution >= 4 is 35.3 Å². The molecule has 1 aromatic carbocycles. The van der Waals surface area contributed by atoms with Gasteiger partial charge in [0.15, 0.2) is 0 Å². The van der Waals surface area contributed by atoms with E-state index >= 15 is 0 Å². The molecule has 1 aliphatic rings. The van der Waals surface area contributed by atoms with E-state index in [1.807, 2.05) is 19.9 Å². The molecule has 2 rings (SSSR count). The highest BCUT2D eigenvalue weighted by molar-refractivity contribution is 8.01. The van der Waals surface area contributed by atoms with Gasteiger partial charge >= 0.3 is 11.9 Å². The third-order valence-electron chi connectivity index (χ3n) is 3.61. The van der Waals surface area contributed by atoms with Crippen molar-refractivity contribution in [3.63, 3.8) is 0 Å². The summed E-state index contributed by atoms with van der Waals surface area (Å²) in [6, 6.07) is 6.41. The smallest absolute Gasteiger partial charge is 0.303 e. The van der Waals surface area contributed by atoms with Gasteiger partial charge in [0.25, 0.3) is 0 Å². The van der Waals surface area contributed by atoms with Crippen LogP contribution >= 0.6 is 23.4 Å². The Morgan fingerprint density at radius 2 is 1.81 bits per heavy atom. The molecule has 0 amide bonds. The van der Waals surface area contributed by atoms with Crippen molar-refractivity contribution < 1.29 is 19.8 Å². The van der Waals surface area contributed by atoms with Crippen LogP contribution in [-0.4, -0.2) is 40.0 Å². The van der Waals surface area contributed by atoms with Crippen molar-refractivity contribution in [2.45, 2.75) is 49.2 Å². The molecule has 0 aromatic heterocycles. The molecule has 1 heterocycles. The number of hydrogen-bond acceptors (Lipinski definition) is 5. The lowest BCUT2D eigenvalue weighted by Crippen LogP contribution is -2.16. The first kappa shape index (κ1) is 22.3. The van der Waals surface area contributed by atoms with Gasteiger partial charge in [0.05, 0.1) is 23.9 Å². The second-order valence-electron chi connectivity index (χ2n) is 6.28. The molecule has 6 nitrogen and oxygen atoms in total. The van der Waals surface area contributed by atoms with Crippen molar-refractivity contribution in [2.24, 2.45) is 0 Å². The van der Waals surface area contributed by atoms with Crippen LogP contribution in [0.4, 0.5) is 0 Å². The van der Waals surface area contributed by atoms with Gasteiger partial charge in [-0.3, -0.25) is 9.59 Å². The van der Waals surface area contributed by atoms with E-state index < -0.39 is 16.7 Å². The largest absolute Gasteiger partial charge is 0.481 e. The van der Waals surface area contributed by atoms with E-state index in [9.17, 15) is 14.9 Å². The first-order chi connectivity index (χ1) is 12.2. The quantitative estimate of drug-likeness (QED) is 0.652. The number of carboxylic acid groups (broad SMARTS) is 2. The van der Waals surface area contributed by atoms with Crippen LogP contribution in [0.1, 0.15) is 37.8 Å². The molecule has 0 spiro atoms. The lowest BCUT2D eigenvalue weighted by Gasteiger charge is -2.20. The summed E-state index contributed by atoms with van der Waals surface area (Å²) in [6.07, 6.45) is 1.43. The van der Waals surface area contributed by atoms with E-state index in [-0.39, 0.29) is 12.8 Å². The zero-order valence-corrected chi connectivity index (χ0v) is 16.4. The molecule has 1 aliphatic heterocycles. The normalized spacial score (nSPS) is 13.5. The fraction of sp³-hybridized carbons (Fsp3) is 0.500. The predicted molar refractivity (Wildman–Crippen MR) is 102 cm³/mol. The van der Waals surface area contributed by atoms with Crippen LogP contribution in [0.15, 0.2) is 17.0 Å². The third-order valence-corrected chi connectivity index (χ3v) is 5.31. The van der Waals surface area contributed by atoms with Crippen molar-refractivity contribution in [2.75, 3.05) is 13.1 Å². The minimum atomic E-state index is -1.08. The molecular formula is C18H23ClN2O4S. The van der Waals surface area contributed by atoms with E-state index in [0.717, 1.165) is 35.8 Å². The van der Waals surface area contributed by atoms with Gasteiger partial charge in [0.2, 0.25) is 0 Å². The topological polar surface area (TPSA) is 110 Å². The van der Waals surface area contributed by atoms with Gasteiger partial charge in [0, 0.05) is 4.90 Å². The van der Waals surface area contributed by atoms with Gasteiger partial charge in [-0.25, -0.2) is 0 Å². The Morgan fingerprint density at radius 3 is 2.35 bits per heavy atom. The SMILES string of the molecule is CC(C)(C#N)Sc1c(Cl)ccc2c1CCNCC2.O=C(O)CCC(=O)O. The molecule has 0 saturated carbocycles. The van der Waals surface area contributed by atoms with Gasteiger partial charge < -0.3 is 15.5 Å². The Labute approximate surface area is 162 Å².